The number of nitrogens with two attached hydrogens (primary N) is 1. The van der Waals surface area contributed by atoms with Gasteiger partial charge in [-0.2, -0.15) is 8.42 Å². The number of carbonyl (C=O) groups excluding carboxylic acids is 2. The first-order valence-electron chi connectivity index (χ1n) is 7.32. The third kappa shape index (κ3) is 12.6. The highest BCUT2D eigenvalue weighted by atomic mass is 32.2. The van der Waals surface area contributed by atoms with Crippen molar-refractivity contribution in [1.29, 1.82) is 0 Å². The van der Waals surface area contributed by atoms with Gasteiger partial charge in [0.25, 0.3) is 10.1 Å². The monoisotopic (exact) mass is 338 g/mol. The maximum Gasteiger partial charge on any atom is 0.267 e. The minimum absolute atomic E-state index is 0.0417. The zero-order valence-corrected chi connectivity index (χ0v) is 15.2. The molecule has 22 heavy (non-hydrogen) atoms. The van der Waals surface area contributed by atoms with E-state index in [0.717, 1.165) is 6.42 Å². The second-order valence-electron chi connectivity index (χ2n) is 6.12. The second kappa shape index (κ2) is 9.78. The Hall–Kier alpha value is -1.15. The van der Waals surface area contributed by atoms with Crippen LogP contribution in [0.25, 0.3) is 0 Å². The summed E-state index contributed by atoms with van der Waals surface area (Å²) in [4.78, 5) is 21.6. The van der Waals surface area contributed by atoms with Gasteiger partial charge in [-0.05, 0) is 26.7 Å². The molecule has 7 nitrogen and oxygen atoms in total. The number of amides is 2. The molecular weight excluding hydrogens is 308 g/mol. The first-order chi connectivity index (χ1) is 9.75. The number of hydrogen-bond donors (Lipinski definition) is 3. The predicted molar refractivity (Wildman–Crippen MR) is 86.7 cm³/mol. The van der Waals surface area contributed by atoms with Gasteiger partial charge in [0.1, 0.15) is 0 Å². The lowest BCUT2D eigenvalue weighted by atomic mass is 10.0. The van der Waals surface area contributed by atoms with Crippen LogP contribution in [-0.2, 0) is 19.7 Å². The van der Waals surface area contributed by atoms with E-state index >= 15 is 0 Å². The van der Waals surface area contributed by atoms with Crippen LogP contribution >= 0.6 is 0 Å². The average Bonchev–Trinajstić information content (AvgIpc) is 2.33. The Morgan fingerprint density at radius 1 is 1.14 bits per heavy atom. The fraction of sp³-hybridized carbons (Fsp3) is 0.857. The molecule has 2 amide bonds. The molecule has 0 aromatic carbocycles. The number of hydrogen-bond acceptors (Lipinski definition) is 4. The highest BCUT2D eigenvalue weighted by Gasteiger charge is 2.27. The normalized spacial score (nSPS) is 14.3. The third-order valence-corrected chi connectivity index (χ3v) is 4.25. The minimum atomic E-state index is -4.07. The van der Waals surface area contributed by atoms with Crippen molar-refractivity contribution in [2.24, 2.45) is 17.6 Å². The molecule has 0 rings (SSSR count). The van der Waals surface area contributed by atoms with Gasteiger partial charge in [0.15, 0.2) is 0 Å². The van der Waals surface area contributed by atoms with E-state index in [4.69, 9.17) is 10.3 Å². The van der Waals surface area contributed by atoms with Gasteiger partial charge < -0.3 is 11.1 Å². The molecular formula is C14H30N2O5S. The van der Waals surface area contributed by atoms with Gasteiger partial charge in [0.2, 0.25) is 11.8 Å². The number of rotatable bonds is 7. The highest BCUT2D eigenvalue weighted by Crippen LogP contribution is 2.09. The lowest BCUT2D eigenvalue weighted by molar-refractivity contribution is -0.126. The molecule has 0 aromatic heterocycles. The van der Waals surface area contributed by atoms with Crippen LogP contribution in [0.2, 0.25) is 0 Å². The fourth-order valence-corrected chi connectivity index (χ4v) is 2.32. The van der Waals surface area contributed by atoms with Gasteiger partial charge in [-0.25, -0.2) is 0 Å². The number of carbonyl (C=O) groups is 2. The maximum atomic E-state index is 11.5. The van der Waals surface area contributed by atoms with Crippen LogP contribution in [0.1, 0.15) is 54.4 Å². The molecule has 0 spiro atoms. The van der Waals surface area contributed by atoms with Crippen LogP contribution in [-0.4, -0.2) is 36.1 Å². The molecule has 2 atom stereocenters. The summed E-state index contributed by atoms with van der Waals surface area (Å²) >= 11 is 0. The van der Waals surface area contributed by atoms with Gasteiger partial charge in [0, 0.05) is 11.8 Å². The lowest BCUT2D eigenvalue weighted by Gasteiger charge is -2.26. The fourth-order valence-electron chi connectivity index (χ4n) is 1.34. The summed E-state index contributed by atoms with van der Waals surface area (Å²) in [6, 6.07) is 0. The van der Waals surface area contributed by atoms with Crippen molar-refractivity contribution < 1.29 is 22.6 Å². The van der Waals surface area contributed by atoms with Crippen molar-refractivity contribution >= 4 is 21.9 Å². The van der Waals surface area contributed by atoms with Crippen LogP contribution in [0.15, 0.2) is 0 Å². The van der Waals surface area contributed by atoms with E-state index in [0.29, 0.717) is 6.42 Å². The Morgan fingerprint density at radius 2 is 1.55 bits per heavy atom. The Bertz CT molecular complexity index is 460. The van der Waals surface area contributed by atoms with Gasteiger partial charge in [-0.15, -0.1) is 0 Å². The molecule has 0 aliphatic carbocycles. The molecule has 2 unspecified atom stereocenters. The molecule has 0 fully saturated rings. The lowest BCUT2D eigenvalue weighted by Crippen LogP contribution is -2.49. The molecule has 0 saturated heterocycles. The second-order valence-corrected chi connectivity index (χ2v) is 7.57. The van der Waals surface area contributed by atoms with E-state index in [9.17, 15) is 18.0 Å². The zero-order valence-electron chi connectivity index (χ0n) is 14.3. The third-order valence-electron chi connectivity index (χ3n) is 3.16. The van der Waals surface area contributed by atoms with Crippen LogP contribution in [0, 0.1) is 11.8 Å². The van der Waals surface area contributed by atoms with E-state index < -0.39 is 21.4 Å². The minimum Gasteiger partial charge on any atom is -0.369 e. The topological polar surface area (TPSA) is 127 Å². The molecule has 8 heteroatoms. The number of primary amides is 1. The van der Waals surface area contributed by atoms with Crippen molar-refractivity contribution in [2.75, 3.05) is 5.75 Å². The molecule has 4 N–H and O–H groups in total. The zero-order chi connectivity index (χ0) is 18.1. The van der Waals surface area contributed by atoms with Gasteiger partial charge in [-0.1, -0.05) is 27.7 Å². The summed E-state index contributed by atoms with van der Waals surface area (Å²) in [5, 5.41) is 2.59. The summed E-state index contributed by atoms with van der Waals surface area (Å²) in [5.41, 5.74) is 3.96. The molecule has 0 heterocycles. The van der Waals surface area contributed by atoms with E-state index in [1.807, 2.05) is 20.8 Å². The van der Waals surface area contributed by atoms with Gasteiger partial charge in [-0.3, -0.25) is 14.1 Å². The Labute approximate surface area is 133 Å². The Morgan fingerprint density at radius 3 is 1.77 bits per heavy atom. The smallest absolute Gasteiger partial charge is 0.267 e. The number of nitrogens with one attached hydrogen (secondary N) is 1. The summed E-state index contributed by atoms with van der Waals surface area (Å²) in [6.45, 7) is 10.5. The van der Waals surface area contributed by atoms with Crippen LogP contribution in [0.5, 0.6) is 0 Å². The molecule has 132 valence electrons. The molecule has 0 aliphatic rings. The molecule has 0 saturated carbocycles. The Kier molecular flexibility index (Phi) is 10.3. The summed E-state index contributed by atoms with van der Waals surface area (Å²) in [6.07, 6.45) is 1.53. The largest absolute Gasteiger partial charge is 0.369 e. The van der Waals surface area contributed by atoms with Crippen molar-refractivity contribution in [3.05, 3.63) is 0 Å². The van der Waals surface area contributed by atoms with Crippen molar-refractivity contribution in [3.8, 4) is 0 Å². The predicted octanol–water partition coefficient (Wildman–Crippen LogP) is 1.33. The van der Waals surface area contributed by atoms with Gasteiger partial charge >= 0.3 is 0 Å². The van der Waals surface area contributed by atoms with Crippen molar-refractivity contribution in [2.45, 2.75) is 59.9 Å². The van der Waals surface area contributed by atoms with E-state index in [-0.39, 0.29) is 23.7 Å². The molecule has 0 aliphatic heterocycles. The molecule has 0 bridgehead atoms. The first-order valence-corrected chi connectivity index (χ1v) is 8.93. The van der Waals surface area contributed by atoms with E-state index in [1.54, 1.807) is 20.8 Å². The first kappa shape index (κ1) is 23.1. The summed E-state index contributed by atoms with van der Waals surface area (Å²) < 4.78 is 30.0. The van der Waals surface area contributed by atoms with Crippen LogP contribution < -0.4 is 11.1 Å². The summed E-state index contributed by atoms with van der Waals surface area (Å²) in [7, 11) is -4.07. The van der Waals surface area contributed by atoms with E-state index in [2.05, 4.69) is 5.32 Å². The molecule has 0 aromatic rings. The quantitative estimate of drug-likeness (QED) is 0.604. The van der Waals surface area contributed by atoms with Crippen LogP contribution in [0.4, 0.5) is 0 Å². The van der Waals surface area contributed by atoms with Crippen LogP contribution in [0.3, 0.4) is 0 Å². The van der Waals surface area contributed by atoms with Crippen molar-refractivity contribution in [3.63, 3.8) is 0 Å². The van der Waals surface area contributed by atoms with Gasteiger partial charge in [0.05, 0.1) is 11.3 Å². The highest BCUT2D eigenvalue weighted by molar-refractivity contribution is 7.85. The average molecular weight is 338 g/mol. The SMILES string of the molecule is CCC(C)C(=O)NC(C)(C)CS(=O)(=O)O.CCC(C)C(N)=O. The standard InChI is InChI=1S/C9H19NO4S.C5H11NO/c1-5-7(2)8(11)10-9(3,4)6-15(12,13)14;1-3-4(2)5(6)7/h7H,5-6H2,1-4H3,(H,10,11)(H,12,13,14);4H,3H2,1-2H3,(H2,6,7). The van der Waals surface area contributed by atoms with Crippen molar-refractivity contribution in [1.82, 2.24) is 5.32 Å². The summed E-state index contributed by atoms with van der Waals surface area (Å²) in [5.74, 6) is -1.01. The maximum absolute atomic E-state index is 11.5. The Balaban J connectivity index is 0. The molecule has 0 radical (unpaired) electrons. The van der Waals surface area contributed by atoms with E-state index in [1.165, 1.54) is 0 Å².